The summed E-state index contributed by atoms with van der Waals surface area (Å²) in [6.45, 7) is 12.7. The Kier molecular flexibility index (Phi) is 4.79. The number of hydrogen-bond acceptors (Lipinski definition) is 3. The van der Waals surface area contributed by atoms with Gasteiger partial charge in [0.2, 0.25) is 0 Å². The number of furan rings is 1. The standard InChI is InChI=1S/C17H25O3Si/c1-17(2,3)21(4,5)20-12-7-11-18-15-8-6-9-16-14(15)10-13-19-16/h6,8,10,13H,7,11-12H2,1-5H3. The van der Waals surface area contributed by atoms with Gasteiger partial charge in [-0.15, -0.1) is 0 Å². The van der Waals surface area contributed by atoms with Crippen molar-refractivity contribution in [1.29, 1.82) is 0 Å². The van der Waals surface area contributed by atoms with Crippen LogP contribution < -0.4 is 4.74 Å². The first-order valence-electron chi connectivity index (χ1n) is 7.46. The molecule has 2 aromatic rings. The fourth-order valence-corrected chi connectivity index (χ4v) is 2.90. The molecule has 3 nitrogen and oxygen atoms in total. The lowest BCUT2D eigenvalue weighted by Crippen LogP contribution is -2.41. The largest absolute Gasteiger partial charge is 0.493 e. The number of rotatable bonds is 6. The predicted molar refractivity (Wildman–Crippen MR) is 88.3 cm³/mol. The van der Waals surface area contributed by atoms with Crippen LogP contribution in [0.1, 0.15) is 27.2 Å². The summed E-state index contributed by atoms with van der Waals surface area (Å²) in [6, 6.07) is 8.70. The lowest BCUT2D eigenvalue weighted by atomic mass is 10.2. The van der Waals surface area contributed by atoms with Crippen LogP contribution in [0.5, 0.6) is 5.75 Å². The van der Waals surface area contributed by atoms with E-state index in [1.165, 1.54) is 0 Å². The Balaban J connectivity index is 1.79. The highest BCUT2D eigenvalue weighted by Crippen LogP contribution is 2.36. The van der Waals surface area contributed by atoms with E-state index in [1.54, 1.807) is 6.26 Å². The zero-order valence-electron chi connectivity index (χ0n) is 13.7. The summed E-state index contributed by atoms with van der Waals surface area (Å²) < 4.78 is 17.3. The average molecular weight is 305 g/mol. The van der Waals surface area contributed by atoms with Gasteiger partial charge in [-0.1, -0.05) is 20.8 Å². The van der Waals surface area contributed by atoms with Gasteiger partial charge < -0.3 is 13.6 Å². The third-order valence-corrected chi connectivity index (χ3v) is 8.73. The Bertz CT molecular complexity index is 581. The maximum Gasteiger partial charge on any atom is 0.191 e. The molecule has 4 heteroatoms. The molecule has 0 aliphatic carbocycles. The zero-order valence-corrected chi connectivity index (χ0v) is 14.7. The third kappa shape index (κ3) is 3.89. The normalized spacial score (nSPS) is 12.8. The second-order valence-corrected chi connectivity index (χ2v) is 11.6. The zero-order chi connectivity index (χ0) is 15.5. The molecular formula is C17H25O3Si. The molecule has 1 heterocycles. The van der Waals surface area contributed by atoms with Crippen molar-refractivity contribution >= 4 is 19.3 Å². The topological polar surface area (TPSA) is 31.6 Å². The second-order valence-electron chi connectivity index (χ2n) is 6.82. The maximum atomic E-state index is 6.14. The van der Waals surface area contributed by atoms with Gasteiger partial charge in [-0.3, -0.25) is 0 Å². The highest BCUT2D eigenvalue weighted by Gasteiger charge is 2.36. The maximum absolute atomic E-state index is 6.14. The lowest BCUT2D eigenvalue weighted by Gasteiger charge is -2.36. The van der Waals surface area contributed by atoms with Crippen molar-refractivity contribution in [2.24, 2.45) is 0 Å². The first-order valence-corrected chi connectivity index (χ1v) is 10.4. The summed E-state index contributed by atoms with van der Waals surface area (Å²) in [5.74, 6) is 0.852. The van der Waals surface area contributed by atoms with Crippen LogP contribution >= 0.6 is 0 Å². The molecule has 0 atom stereocenters. The Hall–Kier alpha value is -1.26. The van der Waals surface area contributed by atoms with Gasteiger partial charge in [0.1, 0.15) is 11.3 Å². The minimum absolute atomic E-state index is 0.256. The summed E-state index contributed by atoms with van der Waals surface area (Å²) in [5, 5.41) is 1.23. The summed E-state index contributed by atoms with van der Waals surface area (Å²) in [5.41, 5.74) is 0.741. The van der Waals surface area contributed by atoms with Crippen LogP contribution in [0.3, 0.4) is 0 Å². The summed E-state index contributed by atoms with van der Waals surface area (Å²) >= 11 is 0. The highest BCUT2D eigenvalue weighted by atomic mass is 28.4. The molecule has 0 saturated carbocycles. The van der Waals surface area contributed by atoms with Crippen molar-refractivity contribution in [2.75, 3.05) is 13.2 Å². The van der Waals surface area contributed by atoms with Crippen molar-refractivity contribution in [1.82, 2.24) is 0 Å². The van der Waals surface area contributed by atoms with E-state index in [-0.39, 0.29) is 5.04 Å². The lowest BCUT2D eigenvalue weighted by molar-refractivity contribution is 0.235. The molecule has 0 N–H and O–H groups in total. The molecule has 21 heavy (non-hydrogen) atoms. The first kappa shape index (κ1) is 16.1. The van der Waals surface area contributed by atoms with Gasteiger partial charge >= 0.3 is 0 Å². The molecule has 0 bridgehead atoms. The van der Waals surface area contributed by atoms with Crippen LogP contribution in [0, 0.1) is 6.07 Å². The number of benzene rings is 1. The van der Waals surface area contributed by atoms with Crippen LogP contribution in [0.15, 0.2) is 28.9 Å². The number of fused-ring (bicyclic) bond motifs is 1. The van der Waals surface area contributed by atoms with E-state index in [1.807, 2.05) is 18.2 Å². The molecule has 1 aromatic carbocycles. The molecule has 2 rings (SSSR count). The molecule has 0 aliphatic rings. The first-order chi connectivity index (χ1) is 9.81. The monoisotopic (exact) mass is 305 g/mol. The smallest absolute Gasteiger partial charge is 0.191 e. The van der Waals surface area contributed by atoms with Gasteiger partial charge in [0, 0.05) is 19.1 Å². The molecule has 1 radical (unpaired) electrons. The summed E-state index contributed by atoms with van der Waals surface area (Å²) in [6.07, 6.45) is 2.55. The van der Waals surface area contributed by atoms with Crippen LogP contribution in [0.25, 0.3) is 11.0 Å². The van der Waals surface area contributed by atoms with Crippen molar-refractivity contribution in [3.8, 4) is 5.75 Å². The molecule has 115 valence electrons. The summed E-state index contributed by atoms with van der Waals surface area (Å²) in [7, 11) is -1.64. The van der Waals surface area contributed by atoms with Crippen LogP contribution in [-0.4, -0.2) is 21.5 Å². The fourth-order valence-electron chi connectivity index (χ4n) is 1.81. The molecule has 0 fully saturated rings. The molecule has 0 aliphatic heterocycles. The Morgan fingerprint density at radius 3 is 2.67 bits per heavy atom. The van der Waals surface area contributed by atoms with Crippen molar-refractivity contribution < 1.29 is 13.6 Å². The Labute approximate surface area is 128 Å². The number of ether oxygens (including phenoxy) is 1. The van der Waals surface area contributed by atoms with E-state index >= 15 is 0 Å². The average Bonchev–Trinajstić information content (AvgIpc) is 2.85. The Morgan fingerprint density at radius 1 is 1.19 bits per heavy atom. The molecular weight excluding hydrogens is 280 g/mol. The van der Waals surface area contributed by atoms with Gasteiger partial charge in [-0.2, -0.15) is 0 Å². The van der Waals surface area contributed by atoms with Gasteiger partial charge in [0.05, 0.1) is 18.3 Å². The highest BCUT2D eigenvalue weighted by molar-refractivity contribution is 6.74. The molecule has 1 aromatic heterocycles. The van der Waals surface area contributed by atoms with Gasteiger partial charge in [0.25, 0.3) is 0 Å². The quantitative estimate of drug-likeness (QED) is 0.554. The van der Waals surface area contributed by atoms with Crippen LogP contribution in [-0.2, 0) is 4.43 Å². The van der Waals surface area contributed by atoms with Crippen LogP contribution in [0.2, 0.25) is 18.1 Å². The SMILES string of the molecule is CC(C)(C)[Si](C)(C)OCCCOc1cc[c]c2occc12. The van der Waals surface area contributed by atoms with Gasteiger partial charge in [-0.05, 0) is 36.3 Å². The molecule has 0 saturated heterocycles. The van der Waals surface area contributed by atoms with Gasteiger partial charge in [-0.25, -0.2) is 0 Å². The molecule has 0 unspecified atom stereocenters. The van der Waals surface area contributed by atoms with E-state index in [2.05, 4.69) is 39.9 Å². The van der Waals surface area contributed by atoms with Crippen LogP contribution in [0.4, 0.5) is 0 Å². The molecule has 0 amide bonds. The number of hydrogen-bond donors (Lipinski definition) is 0. The fraction of sp³-hybridized carbons (Fsp3) is 0.529. The van der Waals surface area contributed by atoms with Crippen molar-refractivity contribution in [3.05, 3.63) is 30.5 Å². The molecule has 0 spiro atoms. The predicted octanol–water partition coefficient (Wildman–Crippen LogP) is 5.02. The van der Waals surface area contributed by atoms with E-state index in [9.17, 15) is 0 Å². The summed E-state index contributed by atoms with van der Waals surface area (Å²) in [4.78, 5) is 0. The van der Waals surface area contributed by atoms with E-state index in [0.29, 0.717) is 6.61 Å². The second kappa shape index (κ2) is 6.24. The third-order valence-electron chi connectivity index (χ3n) is 4.20. The van der Waals surface area contributed by atoms with E-state index < -0.39 is 8.32 Å². The Morgan fingerprint density at radius 2 is 1.95 bits per heavy atom. The minimum atomic E-state index is -1.64. The van der Waals surface area contributed by atoms with E-state index in [4.69, 9.17) is 13.6 Å². The van der Waals surface area contributed by atoms with Crippen molar-refractivity contribution in [2.45, 2.75) is 45.3 Å². The minimum Gasteiger partial charge on any atom is -0.493 e. The van der Waals surface area contributed by atoms with E-state index in [0.717, 1.165) is 29.7 Å². The van der Waals surface area contributed by atoms with Crippen molar-refractivity contribution in [3.63, 3.8) is 0 Å². The van der Waals surface area contributed by atoms with Gasteiger partial charge in [0.15, 0.2) is 8.32 Å².